The summed E-state index contributed by atoms with van der Waals surface area (Å²) in [6.45, 7) is 2.26. The Hall–Kier alpha value is -2.63. The number of rotatable bonds is 3. The second-order valence-electron chi connectivity index (χ2n) is 8.53. The molecule has 0 unspecified atom stereocenters. The molecule has 2 amide bonds. The fourth-order valence-corrected chi connectivity index (χ4v) is 4.84. The number of carbonyl (C=O) groups is 2. The van der Waals surface area contributed by atoms with E-state index in [1.54, 1.807) is 0 Å². The summed E-state index contributed by atoms with van der Waals surface area (Å²) >= 11 is 0. The Balaban J connectivity index is 1.37. The number of hydrogen-bond donors (Lipinski definition) is 0. The van der Waals surface area contributed by atoms with Crippen LogP contribution in [0.3, 0.4) is 0 Å². The molecule has 1 aromatic carbocycles. The summed E-state index contributed by atoms with van der Waals surface area (Å²) in [6.07, 6.45) is 7.28. The Morgan fingerprint density at radius 3 is 2.75 bits per heavy atom. The van der Waals surface area contributed by atoms with Crippen molar-refractivity contribution in [2.75, 3.05) is 19.6 Å². The van der Waals surface area contributed by atoms with Gasteiger partial charge in [0, 0.05) is 43.1 Å². The van der Waals surface area contributed by atoms with Crippen LogP contribution < -0.4 is 0 Å². The fraction of sp³-hybridized carbons (Fsp3) is 0.500. The van der Waals surface area contributed by atoms with Gasteiger partial charge in [-0.3, -0.25) is 9.59 Å². The molecule has 2 aliphatic heterocycles. The smallest absolute Gasteiger partial charge is 0.259 e. The first-order valence-corrected chi connectivity index (χ1v) is 10.2. The van der Waals surface area contributed by atoms with Crippen molar-refractivity contribution in [3.8, 4) is 11.3 Å². The molecule has 28 heavy (non-hydrogen) atoms. The van der Waals surface area contributed by atoms with Gasteiger partial charge in [-0.15, -0.1) is 0 Å². The molecule has 2 aromatic rings. The van der Waals surface area contributed by atoms with E-state index in [1.807, 2.05) is 35.2 Å². The quantitative estimate of drug-likeness (QED) is 0.820. The highest BCUT2D eigenvalue weighted by molar-refractivity contribution is 5.99. The maximum atomic E-state index is 13.3. The molecule has 3 heterocycles. The standard InChI is InChI=1S/C22H25N3O3/c26-19-9-11-22(15-25(19)17-7-8-17)10-4-12-24(14-22)21(27)18-13-28-23-20(18)16-5-2-1-3-6-16/h1-3,5-6,13,17H,4,7-12,14-15H2/t22-/m1/s1. The number of carbonyl (C=O) groups excluding carboxylic acids is 2. The van der Waals surface area contributed by atoms with E-state index in [1.165, 1.54) is 6.26 Å². The first-order valence-electron chi connectivity index (χ1n) is 10.2. The van der Waals surface area contributed by atoms with Gasteiger partial charge in [0.2, 0.25) is 5.91 Å². The highest BCUT2D eigenvalue weighted by Gasteiger charge is 2.46. The third kappa shape index (κ3) is 3.11. The molecule has 3 fully saturated rings. The van der Waals surface area contributed by atoms with Crippen molar-refractivity contribution in [2.45, 2.75) is 44.6 Å². The summed E-state index contributed by atoms with van der Waals surface area (Å²) in [7, 11) is 0. The van der Waals surface area contributed by atoms with Crippen molar-refractivity contribution < 1.29 is 14.1 Å². The van der Waals surface area contributed by atoms with Crippen molar-refractivity contribution in [1.82, 2.24) is 15.0 Å². The lowest BCUT2D eigenvalue weighted by atomic mass is 9.73. The molecular weight excluding hydrogens is 354 g/mol. The Morgan fingerprint density at radius 2 is 1.96 bits per heavy atom. The minimum Gasteiger partial charge on any atom is -0.363 e. The second kappa shape index (κ2) is 6.76. The molecule has 3 aliphatic rings. The van der Waals surface area contributed by atoms with Crippen molar-refractivity contribution in [3.63, 3.8) is 0 Å². The number of amides is 2. The van der Waals surface area contributed by atoms with Gasteiger partial charge in [-0.1, -0.05) is 35.5 Å². The largest absolute Gasteiger partial charge is 0.363 e. The van der Waals surface area contributed by atoms with Gasteiger partial charge in [0.05, 0.1) is 0 Å². The van der Waals surface area contributed by atoms with Crippen LogP contribution in [0, 0.1) is 5.41 Å². The zero-order valence-corrected chi connectivity index (χ0v) is 16.0. The predicted octanol–water partition coefficient (Wildman–Crippen LogP) is 3.35. The number of nitrogens with zero attached hydrogens (tertiary/aromatic N) is 3. The molecule has 1 saturated carbocycles. The van der Waals surface area contributed by atoms with Crippen LogP contribution in [-0.4, -0.2) is 52.4 Å². The molecule has 1 spiro atoms. The van der Waals surface area contributed by atoms with Crippen LogP contribution in [0.25, 0.3) is 11.3 Å². The molecule has 2 saturated heterocycles. The molecule has 1 atom stereocenters. The van der Waals surface area contributed by atoms with Crippen molar-refractivity contribution in [3.05, 3.63) is 42.2 Å². The second-order valence-corrected chi connectivity index (χ2v) is 8.53. The highest BCUT2D eigenvalue weighted by Crippen LogP contribution is 2.42. The van der Waals surface area contributed by atoms with Crippen LogP contribution in [0.4, 0.5) is 0 Å². The molecule has 6 nitrogen and oxygen atoms in total. The van der Waals surface area contributed by atoms with E-state index in [0.717, 1.165) is 50.8 Å². The van der Waals surface area contributed by atoms with Gasteiger partial charge in [0.25, 0.3) is 5.91 Å². The van der Waals surface area contributed by atoms with Gasteiger partial charge >= 0.3 is 0 Å². The highest BCUT2D eigenvalue weighted by atomic mass is 16.5. The molecule has 146 valence electrons. The summed E-state index contributed by atoms with van der Waals surface area (Å²) < 4.78 is 5.17. The average Bonchev–Trinajstić information content (AvgIpc) is 3.46. The van der Waals surface area contributed by atoms with Gasteiger partial charge < -0.3 is 14.3 Å². The summed E-state index contributed by atoms with van der Waals surface area (Å²) in [4.78, 5) is 29.7. The van der Waals surface area contributed by atoms with Gasteiger partial charge in [0.15, 0.2) is 0 Å². The molecule has 1 aromatic heterocycles. The third-order valence-electron chi connectivity index (χ3n) is 6.48. The molecule has 0 N–H and O–H groups in total. The fourth-order valence-electron chi connectivity index (χ4n) is 4.84. The van der Waals surface area contributed by atoms with Crippen LogP contribution in [0.5, 0.6) is 0 Å². The van der Waals surface area contributed by atoms with Gasteiger partial charge in [-0.05, 0) is 32.1 Å². The lowest BCUT2D eigenvalue weighted by Gasteiger charge is -2.48. The van der Waals surface area contributed by atoms with Crippen LogP contribution in [0.2, 0.25) is 0 Å². The third-order valence-corrected chi connectivity index (χ3v) is 6.48. The zero-order valence-electron chi connectivity index (χ0n) is 16.0. The Labute approximate surface area is 164 Å². The first-order chi connectivity index (χ1) is 13.7. The number of piperidine rings is 2. The predicted molar refractivity (Wildman–Crippen MR) is 103 cm³/mol. The molecule has 0 bridgehead atoms. The summed E-state index contributed by atoms with van der Waals surface area (Å²) in [5.74, 6) is 0.274. The SMILES string of the molecule is O=C(c1conc1-c1ccccc1)N1CCC[C@@]2(CCC(=O)N(C3CC3)C2)C1. The normalized spacial score (nSPS) is 25.4. The maximum Gasteiger partial charge on any atom is 0.259 e. The van der Waals surface area contributed by atoms with Crippen LogP contribution in [0.15, 0.2) is 41.1 Å². The average molecular weight is 379 g/mol. The summed E-state index contributed by atoms with van der Waals surface area (Å²) in [5, 5.41) is 4.08. The Morgan fingerprint density at radius 1 is 1.14 bits per heavy atom. The molecule has 5 rings (SSSR count). The van der Waals surface area contributed by atoms with Gasteiger partial charge in [0.1, 0.15) is 17.5 Å². The number of hydrogen-bond acceptors (Lipinski definition) is 4. The minimum atomic E-state index is -0.0194. The summed E-state index contributed by atoms with van der Waals surface area (Å²) in [5.41, 5.74) is 2.04. The first kappa shape index (κ1) is 17.5. The lowest BCUT2D eigenvalue weighted by molar-refractivity contribution is -0.139. The van der Waals surface area contributed by atoms with Crippen LogP contribution in [-0.2, 0) is 4.79 Å². The molecule has 1 aliphatic carbocycles. The van der Waals surface area contributed by atoms with E-state index in [4.69, 9.17) is 4.52 Å². The van der Waals surface area contributed by atoms with E-state index in [9.17, 15) is 9.59 Å². The number of aromatic nitrogens is 1. The van der Waals surface area contributed by atoms with Crippen molar-refractivity contribution >= 4 is 11.8 Å². The van der Waals surface area contributed by atoms with Crippen LogP contribution in [0.1, 0.15) is 48.9 Å². The molecular formula is C22H25N3O3. The minimum absolute atomic E-state index is 0.0194. The van der Waals surface area contributed by atoms with Crippen molar-refractivity contribution in [2.24, 2.45) is 5.41 Å². The van der Waals surface area contributed by atoms with Crippen LogP contribution >= 0.6 is 0 Å². The van der Waals surface area contributed by atoms with Crippen molar-refractivity contribution in [1.29, 1.82) is 0 Å². The van der Waals surface area contributed by atoms with E-state index < -0.39 is 0 Å². The summed E-state index contributed by atoms with van der Waals surface area (Å²) in [6, 6.07) is 10.1. The Bertz CT molecular complexity index is 889. The molecule has 6 heteroatoms. The van der Waals surface area contributed by atoms with E-state index in [-0.39, 0.29) is 11.3 Å². The van der Waals surface area contributed by atoms with Gasteiger partial charge in [-0.25, -0.2) is 0 Å². The zero-order chi connectivity index (χ0) is 19.1. The topological polar surface area (TPSA) is 66.7 Å². The monoisotopic (exact) mass is 379 g/mol. The van der Waals surface area contributed by atoms with E-state index in [0.29, 0.717) is 36.2 Å². The number of benzene rings is 1. The molecule has 0 radical (unpaired) electrons. The maximum absolute atomic E-state index is 13.3. The number of likely N-dealkylation sites (tertiary alicyclic amines) is 2. The Kier molecular flexibility index (Phi) is 4.22. The van der Waals surface area contributed by atoms with E-state index >= 15 is 0 Å². The van der Waals surface area contributed by atoms with E-state index in [2.05, 4.69) is 10.1 Å². The lowest BCUT2D eigenvalue weighted by Crippen LogP contribution is -2.55. The van der Waals surface area contributed by atoms with Gasteiger partial charge in [-0.2, -0.15) is 0 Å².